The van der Waals surface area contributed by atoms with E-state index < -0.39 is 0 Å². The van der Waals surface area contributed by atoms with E-state index in [-0.39, 0.29) is 0 Å². The fraction of sp³-hybridized carbons (Fsp3) is 0.389. The van der Waals surface area contributed by atoms with Crippen molar-refractivity contribution in [1.82, 2.24) is 10.6 Å². The smallest absolute Gasteiger partial charge is 0.191 e. The molecule has 0 amide bonds. The number of rotatable bonds is 5. The van der Waals surface area contributed by atoms with Gasteiger partial charge in [-0.1, -0.05) is 18.2 Å². The Hall–Kier alpha value is -2.01. The number of anilines is 1. The molecule has 1 aliphatic rings. The molecule has 0 radical (unpaired) electrons. The van der Waals surface area contributed by atoms with Crippen molar-refractivity contribution in [2.75, 3.05) is 25.0 Å². The molecule has 2 aromatic rings. The Balaban J connectivity index is 1.48. The van der Waals surface area contributed by atoms with Crippen LogP contribution in [0.15, 0.2) is 46.1 Å². The summed E-state index contributed by atoms with van der Waals surface area (Å²) < 4.78 is 0. The van der Waals surface area contributed by atoms with Gasteiger partial charge in [0.05, 0.1) is 0 Å². The van der Waals surface area contributed by atoms with Gasteiger partial charge in [-0.3, -0.25) is 4.99 Å². The van der Waals surface area contributed by atoms with Crippen LogP contribution in [-0.4, -0.2) is 32.1 Å². The molecule has 0 saturated carbocycles. The number of fused-ring (bicyclic) bond motifs is 1. The minimum Gasteiger partial charge on any atom is -0.367 e. The van der Waals surface area contributed by atoms with Crippen LogP contribution in [0.2, 0.25) is 0 Å². The van der Waals surface area contributed by atoms with Gasteiger partial charge in [-0.05, 0) is 47.4 Å². The number of hydrogen-bond acceptors (Lipinski definition) is 3. The van der Waals surface area contributed by atoms with E-state index in [0.717, 1.165) is 32.0 Å². The second-order valence-corrected chi connectivity index (χ2v) is 6.64. The summed E-state index contributed by atoms with van der Waals surface area (Å²) in [5, 5.41) is 11.0. The van der Waals surface area contributed by atoms with Gasteiger partial charge in [-0.25, -0.2) is 0 Å². The highest BCUT2D eigenvalue weighted by atomic mass is 32.1. The minimum atomic E-state index is 0.565. The third-order valence-electron chi connectivity index (χ3n) is 4.26. The number of hydrogen-bond donors (Lipinski definition) is 2. The van der Waals surface area contributed by atoms with Gasteiger partial charge in [0, 0.05) is 38.4 Å². The van der Waals surface area contributed by atoms with Gasteiger partial charge in [0.1, 0.15) is 0 Å². The van der Waals surface area contributed by atoms with Crippen LogP contribution in [0.4, 0.5) is 5.69 Å². The lowest BCUT2D eigenvalue weighted by Crippen LogP contribution is -2.42. The topological polar surface area (TPSA) is 39.7 Å². The zero-order chi connectivity index (χ0) is 16.1. The Labute approximate surface area is 142 Å². The summed E-state index contributed by atoms with van der Waals surface area (Å²) in [6.07, 6.45) is 1.14. The number of nitrogens with zero attached hydrogens (tertiary/aromatic N) is 2. The minimum absolute atomic E-state index is 0.565. The Morgan fingerprint density at radius 1 is 1.30 bits per heavy atom. The molecule has 0 aliphatic carbocycles. The summed E-state index contributed by atoms with van der Waals surface area (Å²) in [4.78, 5) is 6.77. The van der Waals surface area contributed by atoms with Crippen molar-refractivity contribution in [3.63, 3.8) is 0 Å². The van der Waals surface area contributed by atoms with Crippen LogP contribution in [0.5, 0.6) is 0 Å². The maximum Gasteiger partial charge on any atom is 0.191 e. The number of para-hydroxylation sites is 1. The van der Waals surface area contributed by atoms with Crippen LogP contribution >= 0.6 is 11.3 Å². The molecule has 2 heterocycles. The molecule has 23 heavy (non-hydrogen) atoms. The summed E-state index contributed by atoms with van der Waals surface area (Å²) in [6, 6.07) is 11.4. The molecule has 122 valence electrons. The summed E-state index contributed by atoms with van der Waals surface area (Å²) in [7, 11) is 1.82. The number of aliphatic imine (C=N–C) groups is 1. The van der Waals surface area contributed by atoms with Crippen molar-refractivity contribution in [3.8, 4) is 0 Å². The van der Waals surface area contributed by atoms with Crippen molar-refractivity contribution < 1.29 is 0 Å². The molecule has 5 heteroatoms. The molecule has 1 aromatic heterocycles. The van der Waals surface area contributed by atoms with Gasteiger partial charge in [0.15, 0.2) is 5.96 Å². The first kappa shape index (κ1) is 15.9. The molecule has 0 spiro atoms. The molecule has 1 aromatic carbocycles. The Bertz CT molecular complexity index is 651. The number of nitrogens with one attached hydrogen (secondary N) is 2. The quantitative estimate of drug-likeness (QED) is 0.655. The first-order chi connectivity index (χ1) is 11.3. The fourth-order valence-corrected chi connectivity index (χ4v) is 3.73. The highest BCUT2D eigenvalue weighted by Gasteiger charge is 2.24. The zero-order valence-electron chi connectivity index (χ0n) is 13.7. The number of thiophene rings is 1. The van der Waals surface area contributed by atoms with E-state index in [1.165, 1.54) is 16.8 Å². The lowest BCUT2D eigenvalue weighted by atomic mass is 10.1. The first-order valence-corrected chi connectivity index (χ1v) is 9.02. The van der Waals surface area contributed by atoms with Gasteiger partial charge in [0.25, 0.3) is 0 Å². The maximum atomic E-state index is 4.29. The maximum absolute atomic E-state index is 4.29. The van der Waals surface area contributed by atoms with Gasteiger partial charge < -0.3 is 15.5 Å². The van der Waals surface area contributed by atoms with Crippen molar-refractivity contribution in [2.45, 2.75) is 25.9 Å². The van der Waals surface area contributed by atoms with Gasteiger partial charge >= 0.3 is 0 Å². The van der Waals surface area contributed by atoms with E-state index in [1.807, 2.05) is 7.05 Å². The van der Waals surface area contributed by atoms with Gasteiger partial charge in [0.2, 0.25) is 0 Å². The Kier molecular flexibility index (Phi) is 5.18. The van der Waals surface area contributed by atoms with Crippen LogP contribution in [0.1, 0.15) is 18.1 Å². The summed E-state index contributed by atoms with van der Waals surface area (Å²) in [6.45, 7) is 4.97. The molecule has 2 N–H and O–H groups in total. The molecule has 4 nitrogen and oxygen atoms in total. The molecule has 0 bridgehead atoms. The lowest BCUT2D eigenvalue weighted by Gasteiger charge is -2.25. The first-order valence-electron chi connectivity index (χ1n) is 8.08. The van der Waals surface area contributed by atoms with Crippen molar-refractivity contribution in [3.05, 3.63) is 52.2 Å². The van der Waals surface area contributed by atoms with Gasteiger partial charge in [-0.2, -0.15) is 11.3 Å². The van der Waals surface area contributed by atoms with Crippen LogP contribution in [0.25, 0.3) is 0 Å². The third-order valence-corrected chi connectivity index (χ3v) is 4.99. The highest BCUT2D eigenvalue weighted by molar-refractivity contribution is 7.07. The van der Waals surface area contributed by atoms with Crippen molar-refractivity contribution >= 4 is 23.0 Å². The monoisotopic (exact) mass is 328 g/mol. The predicted molar refractivity (Wildman–Crippen MR) is 99.5 cm³/mol. The average Bonchev–Trinajstić information content (AvgIpc) is 3.18. The molecular formula is C18H24N4S. The van der Waals surface area contributed by atoms with Gasteiger partial charge in [-0.15, -0.1) is 0 Å². The fourth-order valence-electron chi connectivity index (χ4n) is 3.06. The standard InChI is InChI=1S/C18H24N4S/c1-14-11-16-5-3-4-6-17(16)22(14)9-8-20-18(19-2)21-12-15-7-10-23-13-15/h3-7,10,13-14H,8-9,11-12H2,1-2H3,(H2,19,20,21). The highest BCUT2D eigenvalue weighted by Crippen LogP contribution is 2.31. The summed E-state index contributed by atoms with van der Waals surface area (Å²) in [5.74, 6) is 0.858. The predicted octanol–water partition coefficient (Wildman–Crippen LogP) is 2.86. The van der Waals surface area contributed by atoms with E-state index in [1.54, 1.807) is 11.3 Å². The lowest BCUT2D eigenvalue weighted by molar-refractivity contribution is 0.656. The van der Waals surface area contributed by atoms with E-state index in [0.29, 0.717) is 6.04 Å². The Morgan fingerprint density at radius 3 is 2.96 bits per heavy atom. The largest absolute Gasteiger partial charge is 0.367 e. The SMILES string of the molecule is CN=C(NCCN1c2ccccc2CC1C)NCc1ccsc1. The molecular weight excluding hydrogens is 304 g/mol. The van der Waals surface area contributed by atoms with Crippen molar-refractivity contribution in [2.24, 2.45) is 4.99 Å². The number of guanidine groups is 1. The second-order valence-electron chi connectivity index (χ2n) is 5.86. The zero-order valence-corrected chi connectivity index (χ0v) is 14.6. The van der Waals surface area contributed by atoms with Crippen LogP contribution in [0, 0.1) is 0 Å². The van der Waals surface area contributed by atoms with E-state index >= 15 is 0 Å². The molecule has 1 atom stereocenters. The van der Waals surface area contributed by atoms with E-state index in [2.05, 4.69) is 68.5 Å². The molecule has 1 unspecified atom stereocenters. The molecule has 1 aliphatic heterocycles. The second kappa shape index (κ2) is 7.51. The average molecular weight is 328 g/mol. The van der Waals surface area contributed by atoms with Crippen LogP contribution in [0.3, 0.4) is 0 Å². The van der Waals surface area contributed by atoms with Crippen LogP contribution < -0.4 is 15.5 Å². The Morgan fingerprint density at radius 2 is 2.17 bits per heavy atom. The van der Waals surface area contributed by atoms with Crippen molar-refractivity contribution in [1.29, 1.82) is 0 Å². The molecule has 0 saturated heterocycles. The van der Waals surface area contributed by atoms with Crippen LogP contribution in [-0.2, 0) is 13.0 Å². The molecule has 0 fully saturated rings. The van der Waals surface area contributed by atoms with E-state index in [9.17, 15) is 0 Å². The number of benzene rings is 1. The third kappa shape index (κ3) is 3.85. The summed E-state index contributed by atoms with van der Waals surface area (Å²) >= 11 is 1.72. The molecule has 3 rings (SSSR count). The normalized spacial score (nSPS) is 17.2. The van der Waals surface area contributed by atoms with E-state index in [4.69, 9.17) is 0 Å². The summed E-state index contributed by atoms with van der Waals surface area (Å²) in [5.41, 5.74) is 4.13.